The van der Waals surface area contributed by atoms with Gasteiger partial charge in [0, 0.05) is 30.2 Å². The molecule has 1 heterocycles. The summed E-state index contributed by atoms with van der Waals surface area (Å²) in [6, 6.07) is 21.9. The van der Waals surface area contributed by atoms with E-state index in [0.717, 1.165) is 56.8 Å². The number of thioether (sulfide) groups is 1. The minimum Gasteiger partial charge on any atom is -0.489 e. The highest BCUT2D eigenvalue weighted by molar-refractivity contribution is 7.98. The first-order valence-corrected chi connectivity index (χ1v) is 14.6. The van der Waals surface area contributed by atoms with Gasteiger partial charge in [-0.2, -0.15) is 0 Å². The maximum Gasteiger partial charge on any atom is 0.119 e. The molecule has 3 nitrogen and oxygen atoms in total. The Balaban J connectivity index is 1.48. The Morgan fingerprint density at radius 2 is 1.84 bits per heavy atom. The van der Waals surface area contributed by atoms with Crippen LogP contribution < -0.4 is 10.5 Å². The number of fused-ring (bicyclic) bond motifs is 1. The number of aryl methyl sites for hydroxylation is 2. The molecule has 194 valence electrons. The molecule has 0 amide bonds. The second-order valence-corrected chi connectivity index (χ2v) is 11.1. The van der Waals surface area contributed by atoms with Crippen molar-refractivity contribution in [2.24, 2.45) is 0 Å². The average molecular weight is 517 g/mol. The number of rotatable bonds is 8. The highest BCUT2D eigenvalue weighted by Crippen LogP contribution is 2.41. The molecule has 1 unspecified atom stereocenters. The van der Waals surface area contributed by atoms with E-state index in [0.29, 0.717) is 6.42 Å². The van der Waals surface area contributed by atoms with Crippen LogP contribution in [0.5, 0.6) is 5.75 Å². The van der Waals surface area contributed by atoms with Crippen LogP contribution in [0.25, 0.3) is 11.1 Å². The predicted molar refractivity (Wildman–Crippen MR) is 155 cm³/mol. The Labute approximate surface area is 224 Å². The number of hydrogen-bond acceptors (Lipinski definition) is 4. The first-order chi connectivity index (χ1) is 18.1. The zero-order chi connectivity index (χ0) is 25.8. The summed E-state index contributed by atoms with van der Waals surface area (Å²) in [6.45, 7) is 4.62. The molecule has 2 aliphatic rings. The second-order valence-electron chi connectivity index (χ2n) is 10.2. The van der Waals surface area contributed by atoms with Crippen LogP contribution in [0.4, 0.5) is 10.1 Å². The Morgan fingerprint density at radius 1 is 1.03 bits per heavy atom. The Kier molecular flexibility index (Phi) is 8.21. The maximum absolute atomic E-state index is 12.5. The van der Waals surface area contributed by atoms with Crippen molar-refractivity contribution in [3.05, 3.63) is 88.5 Å². The van der Waals surface area contributed by atoms with Crippen molar-refractivity contribution >= 4 is 28.6 Å². The second kappa shape index (κ2) is 11.7. The number of nitrogens with zero attached hydrogens (tertiary/aromatic N) is 1. The van der Waals surface area contributed by atoms with Crippen LogP contribution in [-0.2, 0) is 6.42 Å². The summed E-state index contributed by atoms with van der Waals surface area (Å²) in [5.74, 6) is 0.898. The fourth-order valence-electron chi connectivity index (χ4n) is 5.76. The lowest BCUT2D eigenvalue weighted by molar-refractivity contribution is 0.198. The Bertz CT molecular complexity index is 1270. The molecule has 1 saturated heterocycles. The van der Waals surface area contributed by atoms with Crippen LogP contribution in [0.2, 0.25) is 0 Å². The van der Waals surface area contributed by atoms with Crippen molar-refractivity contribution in [3.8, 4) is 5.75 Å². The van der Waals surface area contributed by atoms with Crippen molar-refractivity contribution < 1.29 is 9.13 Å². The van der Waals surface area contributed by atoms with Crippen molar-refractivity contribution in [2.75, 3.05) is 38.3 Å². The summed E-state index contributed by atoms with van der Waals surface area (Å²) in [5, 5.41) is 0. The van der Waals surface area contributed by atoms with Crippen LogP contribution in [0.15, 0.2) is 65.6 Å². The van der Waals surface area contributed by atoms with Crippen LogP contribution in [-0.4, -0.2) is 43.6 Å². The van der Waals surface area contributed by atoms with Crippen LogP contribution >= 0.6 is 11.8 Å². The summed E-state index contributed by atoms with van der Waals surface area (Å²) < 4.78 is 18.9. The number of allylic oxidation sites excluding steroid dienone is 1. The lowest BCUT2D eigenvalue weighted by Crippen LogP contribution is -2.26. The molecule has 5 heteroatoms. The monoisotopic (exact) mass is 516 g/mol. The summed E-state index contributed by atoms with van der Waals surface area (Å²) in [4.78, 5) is 3.62. The molecule has 1 fully saturated rings. The first-order valence-electron chi connectivity index (χ1n) is 13.4. The number of halogens is 1. The molecule has 1 aliphatic heterocycles. The van der Waals surface area contributed by atoms with Gasteiger partial charge in [-0.25, -0.2) is 0 Å². The van der Waals surface area contributed by atoms with Crippen LogP contribution in [0.3, 0.4) is 0 Å². The number of alkyl halides is 1. The van der Waals surface area contributed by atoms with Gasteiger partial charge in [-0.3, -0.25) is 9.29 Å². The Morgan fingerprint density at radius 3 is 2.59 bits per heavy atom. The number of nitrogen functional groups attached to an aromatic ring is 1. The van der Waals surface area contributed by atoms with Crippen molar-refractivity contribution in [1.82, 2.24) is 4.90 Å². The lowest BCUT2D eigenvalue weighted by Gasteiger charge is -2.19. The number of benzene rings is 3. The smallest absolute Gasteiger partial charge is 0.119 e. The van der Waals surface area contributed by atoms with Gasteiger partial charge in [0.1, 0.15) is 11.9 Å². The zero-order valence-electron chi connectivity index (χ0n) is 21.9. The van der Waals surface area contributed by atoms with Gasteiger partial charge < -0.3 is 10.5 Å². The molecule has 0 radical (unpaired) electrons. The van der Waals surface area contributed by atoms with E-state index in [4.69, 9.17) is 10.5 Å². The molecule has 0 saturated carbocycles. The largest absolute Gasteiger partial charge is 0.489 e. The SMILES string of the molecule is CSc1ccc(C2=C(c3ccc(OC4CCN(CCCF)C4)cc3)c3ccc(N)cc3CCC2)cc1C. The molecule has 1 atom stereocenters. The van der Waals surface area contributed by atoms with Crippen molar-refractivity contribution in [2.45, 2.75) is 50.0 Å². The number of likely N-dealkylation sites (tertiary alicyclic amines) is 1. The molecule has 0 spiro atoms. The normalized spacial score (nSPS) is 18.1. The average Bonchev–Trinajstić information content (AvgIpc) is 3.26. The minimum atomic E-state index is -0.252. The van der Waals surface area contributed by atoms with Crippen molar-refractivity contribution in [3.63, 3.8) is 0 Å². The summed E-state index contributed by atoms with van der Waals surface area (Å²) in [7, 11) is 0. The number of ether oxygens (including phenoxy) is 1. The number of nitrogens with two attached hydrogens (primary N) is 1. The lowest BCUT2D eigenvalue weighted by atomic mass is 9.87. The van der Waals surface area contributed by atoms with E-state index in [1.807, 2.05) is 6.07 Å². The van der Waals surface area contributed by atoms with E-state index in [1.54, 1.807) is 11.8 Å². The summed E-state index contributed by atoms with van der Waals surface area (Å²) in [6.07, 6.45) is 7.04. The van der Waals surface area contributed by atoms with Gasteiger partial charge in [-0.05, 0) is 115 Å². The molecule has 0 aromatic heterocycles. The maximum atomic E-state index is 12.5. The van der Waals surface area contributed by atoms with Gasteiger partial charge >= 0.3 is 0 Å². The van der Waals surface area contributed by atoms with Crippen LogP contribution in [0.1, 0.15) is 53.5 Å². The van der Waals surface area contributed by atoms with Gasteiger partial charge in [0.05, 0.1) is 6.67 Å². The highest BCUT2D eigenvalue weighted by atomic mass is 32.2. The van der Waals surface area contributed by atoms with Gasteiger partial charge in [0.2, 0.25) is 0 Å². The quantitative estimate of drug-likeness (QED) is 0.250. The Hall–Kier alpha value is -2.76. The molecular formula is C32H37FN2OS. The molecule has 2 N–H and O–H groups in total. The number of anilines is 1. The third-order valence-corrected chi connectivity index (χ3v) is 8.50. The topological polar surface area (TPSA) is 38.5 Å². The zero-order valence-corrected chi connectivity index (χ0v) is 22.8. The molecule has 0 bridgehead atoms. The van der Waals surface area contributed by atoms with Crippen LogP contribution in [0, 0.1) is 6.92 Å². The highest BCUT2D eigenvalue weighted by Gasteiger charge is 2.24. The van der Waals surface area contributed by atoms with E-state index in [9.17, 15) is 4.39 Å². The van der Waals surface area contributed by atoms with Gasteiger partial charge in [-0.15, -0.1) is 11.8 Å². The van der Waals surface area contributed by atoms with Gasteiger partial charge in [0.25, 0.3) is 0 Å². The predicted octanol–water partition coefficient (Wildman–Crippen LogP) is 7.41. The summed E-state index contributed by atoms with van der Waals surface area (Å²) >= 11 is 1.80. The van der Waals surface area contributed by atoms with E-state index < -0.39 is 0 Å². The summed E-state index contributed by atoms with van der Waals surface area (Å²) in [5.41, 5.74) is 16.1. The van der Waals surface area contributed by atoms with E-state index >= 15 is 0 Å². The standard InChI is InChI=1S/C32H37FN2OS/c1-22-19-25(9-14-31(22)37-2)29-6-3-5-24-20-26(34)10-13-30(24)32(29)23-7-11-27(12-8-23)36-28-15-18-35(21-28)17-4-16-33/h7-14,19-20,28H,3-6,15-18,21,34H2,1-2H3. The minimum absolute atomic E-state index is 0.166. The first kappa shape index (κ1) is 25.9. The molecule has 5 rings (SSSR count). The molecule has 1 aliphatic carbocycles. The van der Waals surface area contributed by atoms with Gasteiger partial charge in [-0.1, -0.05) is 30.3 Å². The third kappa shape index (κ3) is 5.89. The molecule has 3 aromatic carbocycles. The third-order valence-electron chi connectivity index (χ3n) is 7.60. The van der Waals surface area contributed by atoms with E-state index in [-0.39, 0.29) is 12.8 Å². The van der Waals surface area contributed by atoms with E-state index in [1.165, 1.54) is 43.9 Å². The molecule has 3 aromatic rings. The number of hydrogen-bond donors (Lipinski definition) is 1. The fraction of sp³-hybridized carbons (Fsp3) is 0.375. The van der Waals surface area contributed by atoms with Gasteiger partial charge in [0.15, 0.2) is 0 Å². The van der Waals surface area contributed by atoms with Crippen molar-refractivity contribution in [1.29, 1.82) is 0 Å². The fourth-order valence-corrected chi connectivity index (χ4v) is 6.35. The molecular weight excluding hydrogens is 479 g/mol. The van der Waals surface area contributed by atoms with E-state index in [2.05, 4.69) is 72.7 Å². The molecule has 37 heavy (non-hydrogen) atoms.